The minimum absolute atomic E-state index is 0. The predicted molar refractivity (Wildman–Crippen MR) is 250 cm³/mol. The van der Waals surface area contributed by atoms with E-state index < -0.39 is 30.7 Å². The number of aromatic nitrogens is 4. The summed E-state index contributed by atoms with van der Waals surface area (Å²) in [6.07, 6.45) is 0. The Morgan fingerprint density at radius 3 is 1.16 bits per heavy atom. The molecule has 0 bridgehead atoms. The fourth-order valence-corrected chi connectivity index (χ4v) is 7.59. The quantitative estimate of drug-likeness (QED) is 0.0920. The molecule has 2 heterocycles. The van der Waals surface area contributed by atoms with Crippen LogP contribution in [0.1, 0.15) is 27.7 Å². The van der Waals surface area contributed by atoms with Crippen LogP contribution >= 0.6 is 23.1 Å². The Balaban J connectivity index is 0.000000323. The van der Waals surface area contributed by atoms with E-state index in [1.165, 1.54) is 28.2 Å². The van der Waals surface area contributed by atoms with Crippen LogP contribution in [-0.2, 0) is 37.2 Å². The van der Waals surface area contributed by atoms with Crippen molar-refractivity contribution in [1.82, 2.24) is 27.3 Å². The average molecular weight is 1080 g/mol. The molecule has 0 unspecified atom stereocenters. The summed E-state index contributed by atoms with van der Waals surface area (Å²) in [5.74, 6) is 1.13. The van der Waals surface area contributed by atoms with Crippen molar-refractivity contribution in [2.75, 3.05) is 64.2 Å². The van der Waals surface area contributed by atoms with Crippen LogP contribution in [-0.4, -0.2) is 98.5 Å². The Morgan fingerprint density at radius 2 is 0.868 bits per heavy atom. The first-order chi connectivity index (χ1) is 31.7. The fraction of sp³-hybridized carbons (Fsp3) is 0.300. The van der Waals surface area contributed by atoms with Crippen LogP contribution in [0.5, 0.6) is 0 Å². The molecule has 0 N–H and O–H groups in total. The van der Waals surface area contributed by atoms with Crippen LogP contribution in [0.3, 0.4) is 0 Å². The molecule has 6 aromatic rings. The summed E-state index contributed by atoms with van der Waals surface area (Å²) >= 11 is 2.23. The first-order valence-corrected chi connectivity index (χ1v) is 25.6. The molecule has 0 amide bonds. The van der Waals surface area contributed by atoms with Gasteiger partial charge in [0.15, 0.2) is 32.1 Å². The van der Waals surface area contributed by atoms with Gasteiger partial charge in [0.25, 0.3) is 0 Å². The van der Waals surface area contributed by atoms with E-state index in [2.05, 4.69) is 58.4 Å². The van der Waals surface area contributed by atoms with Gasteiger partial charge in [-0.2, -0.15) is 18.7 Å². The Hall–Kier alpha value is -5.14. The molecule has 0 atom stereocenters. The summed E-state index contributed by atoms with van der Waals surface area (Å²) in [5, 5.41) is 17.5. The summed E-state index contributed by atoms with van der Waals surface area (Å²) < 4.78 is 102. The van der Waals surface area contributed by atoms with Crippen LogP contribution in [0.15, 0.2) is 118 Å². The number of rotatable bonds is 18. The molecule has 1 radical (unpaired) electrons. The second kappa shape index (κ2) is 26.6. The van der Waals surface area contributed by atoms with Crippen LogP contribution in [0.4, 0.5) is 44.4 Å². The number of benzene rings is 4. The third kappa shape index (κ3) is 17.7. The van der Waals surface area contributed by atoms with Crippen molar-refractivity contribution in [1.29, 1.82) is 0 Å². The molecule has 0 saturated heterocycles. The molecule has 68 heavy (non-hydrogen) atoms. The van der Waals surface area contributed by atoms with E-state index in [1.54, 1.807) is 24.3 Å². The third-order valence-electron chi connectivity index (χ3n) is 8.91. The maximum absolute atomic E-state index is 12.4. The van der Waals surface area contributed by atoms with Gasteiger partial charge in [0, 0.05) is 99.9 Å². The van der Waals surface area contributed by atoms with Crippen molar-refractivity contribution < 1.29 is 62.5 Å². The molecule has 4 aromatic carbocycles. The number of nitrogens with zero attached hydrogens (tertiary/aromatic N) is 14. The van der Waals surface area contributed by atoms with E-state index in [9.17, 15) is 16.8 Å². The van der Waals surface area contributed by atoms with Gasteiger partial charge in [0.2, 0.25) is 10.3 Å². The van der Waals surface area contributed by atoms with Crippen LogP contribution in [0.25, 0.3) is 32.2 Å². The number of hydrogen-bond acceptors (Lipinski definition) is 20. The van der Waals surface area contributed by atoms with Crippen molar-refractivity contribution in [3.05, 3.63) is 107 Å². The minimum atomic E-state index is -4.94. The molecule has 0 fully saturated rings. The summed E-state index contributed by atoms with van der Waals surface area (Å²) in [7, 11) is -6.88. The van der Waals surface area contributed by atoms with Crippen molar-refractivity contribution in [3.8, 4) is 22.8 Å². The maximum Gasteiger partial charge on any atom is 2.00 e. The molecule has 367 valence electrons. The van der Waals surface area contributed by atoms with Gasteiger partial charge in [-0.25, -0.2) is 44.1 Å². The van der Waals surface area contributed by atoms with Gasteiger partial charge in [0.1, 0.15) is 0 Å². The Bertz CT molecular complexity index is 2590. The summed E-state index contributed by atoms with van der Waals surface area (Å²) in [5.41, 5.74) is 4.59. The zero-order valence-electron chi connectivity index (χ0n) is 37.9. The molecule has 6 rings (SSSR count). The Kier molecular flexibility index (Phi) is 22.3. The first-order valence-electron chi connectivity index (χ1n) is 20.0. The minimum Gasteiger partial charge on any atom is -0.562 e. The molecule has 28 heteroatoms. The molecule has 0 saturated carbocycles. The number of hydrogen-bond donors (Lipinski definition) is 0. The van der Waals surface area contributed by atoms with E-state index in [0.717, 1.165) is 80.4 Å². The van der Waals surface area contributed by atoms with Gasteiger partial charge in [-0.05, 0) is 52.0 Å². The Morgan fingerprint density at radius 1 is 0.544 bits per heavy atom. The van der Waals surface area contributed by atoms with Crippen molar-refractivity contribution in [2.24, 2.45) is 20.5 Å². The van der Waals surface area contributed by atoms with E-state index in [-0.39, 0.29) is 28.2 Å². The third-order valence-corrected chi connectivity index (χ3v) is 12.8. The van der Waals surface area contributed by atoms with E-state index in [1.807, 2.05) is 100 Å². The summed E-state index contributed by atoms with van der Waals surface area (Å²) in [6, 6.07) is 29.7. The summed E-state index contributed by atoms with van der Waals surface area (Å²) in [6.45, 7) is 11.3. The van der Waals surface area contributed by atoms with Gasteiger partial charge >= 0.3 is 16.8 Å². The number of halogens is 1. The predicted octanol–water partition coefficient (Wildman–Crippen LogP) is 5.80. The van der Waals surface area contributed by atoms with Gasteiger partial charge in [-0.3, -0.25) is 0 Å². The first kappa shape index (κ1) is 57.2. The maximum atomic E-state index is 12.4. The normalized spacial score (nSPS) is 11.7. The Labute approximate surface area is 416 Å². The van der Waals surface area contributed by atoms with Crippen LogP contribution < -0.4 is 28.4 Å². The molecule has 22 nitrogen and oxygen atoms in total. The zero-order chi connectivity index (χ0) is 49.4. The van der Waals surface area contributed by atoms with Crippen LogP contribution in [0, 0.1) is 10.2 Å². The molecular formula is C40H48ClCoN14O8S4-. The van der Waals surface area contributed by atoms with Crippen molar-refractivity contribution in [2.45, 2.75) is 27.7 Å². The van der Waals surface area contributed by atoms with Crippen LogP contribution in [0.2, 0.25) is 0 Å². The SMILES string of the molecule is CCN(CC)c1ccc(N=Nc2nc(-c3ccccc3)ns2)c([N-]S(=O)(=O)N(C)C)c1.CCN(CC)c1ccc(N=Nc2nc(-c3ccccc3)ns2)c([N-]S(=O)(=O)N(C)C)c1.[Co+2].[O-][Cl+3]([O-])([O-])[O-]. The van der Waals surface area contributed by atoms with E-state index >= 15 is 0 Å². The average Bonchev–Trinajstić information content (AvgIpc) is 3.97. The van der Waals surface area contributed by atoms with Crippen molar-refractivity contribution >= 4 is 87.9 Å². The van der Waals surface area contributed by atoms with Crippen molar-refractivity contribution in [3.63, 3.8) is 0 Å². The number of anilines is 2. The molecule has 0 aliphatic rings. The fourth-order valence-electron chi connectivity index (χ4n) is 5.44. The summed E-state index contributed by atoms with van der Waals surface area (Å²) in [4.78, 5) is 13.0. The second-order valence-electron chi connectivity index (χ2n) is 13.7. The molecular weight excluding hydrogens is 1030 g/mol. The molecule has 0 aliphatic carbocycles. The van der Waals surface area contributed by atoms with Gasteiger partial charge in [-0.1, -0.05) is 84.2 Å². The molecule has 0 aliphatic heterocycles. The van der Waals surface area contributed by atoms with E-state index in [0.29, 0.717) is 33.3 Å². The van der Waals surface area contributed by atoms with E-state index in [4.69, 9.17) is 18.6 Å². The zero-order valence-corrected chi connectivity index (χ0v) is 43.0. The standard InChI is InChI=1S/2C20H24N7O2S2.ClHO4.Co/c2*1-5-27(6-2)16-12-13-17(18(14-16)25-31(28,29)26(3)4)22-23-20-21-19(24-30-20)15-10-8-7-9-11-15;2-1(3,4)5;/h2*7-14H,5-6H2,1-4H3;(H,2,3,4,5);/q2*-1;;+2/p-1. The number of azo groups is 2. The van der Waals surface area contributed by atoms with Gasteiger partial charge < -0.3 is 19.2 Å². The smallest absolute Gasteiger partial charge is 0.562 e. The van der Waals surface area contributed by atoms with Gasteiger partial charge in [-0.15, -0.1) is 30.7 Å². The molecule has 0 spiro atoms. The van der Waals surface area contributed by atoms with Gasteiger partial charge in [0.05, 0.1) is 11.4 Å². The molecule has 2 aromatic heterocycles. The second-order valence-corrected chi connectivity index (χ2v) is 19.5. The monoisotopic (exact) mass is 1070 g/mol. The topological polar surface area (TPSA) is 303 Å². The largest absolute Gasteiger partial charge is 2.00 e.